The quantitative estimate of drug-likeness (QED) is 0.693. The summed E-state index contributed by atoms with van der Waals surface area (Å²) in [6.07, 6.45) is 0. The molecule has 1 aliphatic heterocycles. The minimum Gasteiger partial charge on any atom is -0.476 e. The molecule has 3 heterocycles. The van der Waals surface area contributed by atoms with Gasteiger partial charge in [0.1, 0.15) is 10.8 Å². The van der Waals surface area contributed by atoms with Crippen molar-refractivity contribution in [2.45, 2.75) is 13.5 Å². The summed E-state index contributed by atoms with van der Waals surface area (Å²) < 4.78 is 2.41. The lowest BCUT2D eigenvalue weighted by molar-refractivity contribution is 0.0689. The number of carbonyl (C=O) groups is 1. The lowest BCUT2D eigenvalue weighted by Crippen LogP contribution is -2.05. The number of aromatic nitrogens is 2. The lowest BCUT2D eigenvalue weighted by Gasteiger charge is -2.09. The van der Waals surface area contributed by atoms with E-state index in [9.17, 15) is 9.90 Å². The van der Waals surface area contributed by atoms with E-state index >= 15 is 0 Å². The number of thiophene rings is 1. The first kappa shape index (κ1) is 16.3. The van der Waals surface area contributed by atoms with Gasteiger partial charge >= 0.3 is 5.97 Å². The number of aromatic carboxylic acids is 1. The van der Waals surface area contributed by atoms with Gasteiger partial charge in [0.05, 0.1) is 22.3 Å². The highest BCUT2D eigenvalue weighted by Gasteiger charge is 2.28. The van der Waals surface area contributed by atoms with Gasteiger partial charge in [-0.25, -0.2) is 9.78 Å². The largest absolute Gasteiger partial charge is 0.476 e. The number of hydrogen-bond acceptors (Lipinski definition) is 4. The fourth-order valence-electron chi connectivity index (χ4n) is 2.97. The molecule has 1 aliphatic rings. The van der Waals surface area contributed by atoms with E-state index in [1.165, 1.54) is 11.3 Å². The van der Waals surface area contributed by atoms with Crippen molar-refractivity contribution in [1.82, 2.24) is 9.55 Å². The number of fused-ring (bicyclic) bond motifs is 3. The Morgan fingerprint density at radius 1 is 1.28 bits per heavy atom. The summed E-state index contributed by atoms with van der Waals surface area (Å²) >= 11 is 14.0. The first-order valence-corrected chi connectivity index (χ1v) is 8.95. The summed E-state index contributed by atoms with van der Waals surface area (Å²) in [6, 6.07) is 9.26. The number of nitrogens with zero attached hydrogens (tertiary/aromatic N) is 3. The summed E-state index contributed by atoms with van der Waals surface area (Å²) in [6.45, 7) is 1.97. The van der Waals surface area contributed by atoms with Gasteiger partial charge in [0.25, 0.3) is 0 Å². The van der Waals surface area contributed by atoms with Gasteiger partial charge < -0.3 is 5.11 Å². The lowest BCUT2D eigenvalue weighted by atomic mass is 10.0. The number of hydrogen-bond donors (Lipinski definition) is 1. The monoisotopic (exact) mass is 391 g/mol. The van der Waals surface area contributed by atoms with Crippen molar-refractivity contribution in [2.75, 3.05) is 0 Å². The highest BCUT2D eigenvalue weighted by molar-refractivity contribution is 7.19. The molecule has 0 atom stereocenters. The second kappa shape index (κ2) is 5.98. The van der Waals surface area contributed by atoms with E-state index in [0.717, 1.165) is 16.1 Å². The summed E-state index contributed by atoms with van der Waals surface area (Å²) in [5, 5.41) is 10.8. The predicted molar refractivity (Wildman–Crippen MR) is 98.9 cm³/mol. The zero-order valence-corrected chi connectivity index (χ0v) is 15.3. The summed E-state index contributed by atoms with van der Waals surface area (Å²) in [5.41, 5.74) is 2.85. The first-order valence-electron chi connectivity index (χ1n) is 7.38. The molecule has 2 aromatic heterocycles. The van der Waals surface area contributed by atoms with Gasteiger partial charge in [-0.1, -0.05) is 41.4 Å². The Balaban J connectivity index is 2.02. The van der Waals surface area contributed by atoms with Crippen molar-refractivity contribution in [3.05, 3.63) is 68.0 Å². The number of rotatable bonds is 2. The molecule has 0 saturated carbocycles. The Morgan fingerprint density at radius 2 is 2.04 bits per heavy atom. The molecule has 0 aliphatic carbocycles. The van der Waals surface area contributed by atoms with Crippen molar-refractivity contribution in [1.29, 1.82) is 0 Å². The molecule has 0 bridgehead atoms. The van der Waals surface area contributed by atoms with E-state index in [4.69, 9.17) is 23.2 Å². The Morgan fingerprint density at radius 3 is 2.76 bits per heavy atom. The number of imidazole rings is 1. The standard InChI is InChI=1S/C17H11Cl2N3O2S/c1-8-21-15(17(23)24)12-7-20-14(9-4-2-3-5-11(9)18)10-6-13(19)25-16(10)22(8)12/h2-6H,7H2,1H3,(H,23,24). The maximum atomic E-state index is 11.6. The van der Waals surface area contributed by atoms with Crippen LogP contribution >= 0.6 is 34.5 Å². The average Bonchev–Trinajstić information content (AvgIpc) is 3.05. The van der Waals surface area contributed by atoms with Crippen molar-refractivity contribution in [3.63, 3.8) is 0 Å². The zero-order valence-electron chi connectivity index (χ0n) is 13.0. The Bertz CT molecular complexity index is 1050. The van der Waals surface area contributed by atoms with E-state index in [-0.39, 0.29) is 12.2 Å². The van der Waals surface area contributed by atoms with Crippen molar-refractivity contribution >= 4 is 46.2 Å². The molecule has 4 rings (SSSR count). The van der Waals surface area contributed by atoms with Crippen LogP contribution in [-0.4, -0.2) is 26.3 Å². The maximum absolute atomic E-state index is 11.6. The normalized spacial score (nSPS) is 13.0. The highest BCUT2D eigenvalue weighted by Crippen LogP contribution is 2.37. The van der Waals surface area contributed by atoms with Gasteiger partial charge in [-0.2, -0.15) is 0 Å². The van der Waals surface area contributed by atoms with E-state index < -0.39 is 5.97 Å². The van der Waals surface area contributed by atoms with Crippen molar-refractivity contribution in [2.24, 2.45) is 4.99 Å². The van der Waals surface area contributed by atoms with E-state index in [2.05, 4.69) is 9.98 Å². The molecule has 126 valence electrons. The Labute approximate surface area is 157 Å². The topological polar surface area (TPSA) is 67.5 Å². The van der Waals surface area contributed by atoms with Gasteiger partial charge in [-0.05, 0) is 19.1 Å². The SMILES string of the molecule is Cc1nc(C(=O)O)c2n1-c1sc(Cl)cc1C(c1ccccc1Cl)=NC2. The van der Waals surface area contributed by atoms with Crippen LogP contribution in [0.2, 0.25) is 9.36 Å². The third-order valence-corrected chi connectivity index (χ3v) is 5.58. The molecule has 5 nitrogen and oxygen atoms in total. The third kappa shape index (κ3) is 2.57. The zero-order chi connectivity index (χ0) is 17.7. The van der Waals surface area contributed by atoms with Gasteiger partial charge in [-0.15, -0.1) is 11.3 Å². The number of benzene rings is 1. The molecule has 1 aromatic carbocycles. The molecule has 1 N–H and O–H groups in total. The number of carboxylic acids is 1. The highest BCUT2D eigenvalue weighted by atomic mass is 35.5. The number of aliphatic imine (C=N–C) groups is 1. The number of aryl methyl sites for hydroxylation is 1. The van der Waals surface area contributed by atoms with Gasteiger partial charge in [0, 0.05) is 16.1 Å². The minimum atomic E-state index is -1.07. The predicted octanol–water partition coefficient (Wildman–Crippen LogP) is 4.60. The van der Waals surface area contributed by atoms with Crippen LogP contribution in [-0.2, 0) is 6.54 Å². The maximum Gasteiger partial charge on any atom is 0.356 e. The van der Waals surface area contributed by atoms with Gasteiger partial charge in [-0.3, -0.25) is 9.56 Å². The molecule has 3 aromatic rings. The molecule has 0 amide bonds. The first-order chi connectivity index (χ1) is 12.0. The molecule has 0 spiro atoms. The third-order valence-electron chi connectivity index (χ3n) is 4.00. The molecule has 0 unspecified atom stereocenters. The van der Waals surface area contributed by atoms with Crippen LogP contribution in [0.4, 0.5) is 0 Å². The van der Waals surface area contributed by atoms with Crippen molar-refractivity contribution < 1.29 is 9.90 Å². The second-order valence-corrected chi connectivity index (χ2v) is 7.58. The fraction of sp³-hybridized carbons (Fsp3) is 0.118. The van der Waals surface area contributed by atoms with E-state index in [1.807, 2.05) is 28.8 Å². The van der Waals surface area contributed by atoms with Crippen LogP contribution in [0.15, 0.2) is 35.3 Å². The van der Waals surface area contributed by atoms with E-state index in [0.29, 0.717) is 26.6 Å². The van der Waals surface area contributed by atoms with Gasteiger partial charge in [0.15, 0.2) is 5.69 Å². The van der Waals surface area contributed by atoms with Gasteiger partial charge in [0.2, 0.25) is 0 Å². The summed E-state index contributed by atoms with van der Waals surface area (Å²) in [7, 11) is 0. The summed E-state index contributed by atoms with van der Waals surface area (Å²) in [5.74, 6) is -0.486. The van der Waals surface area contributed by atoms with Crippen LogP contribution in [0.3, 0.4) is 0 Å². The van der Waals surface area contributed by atoms with Crippen LogP contribution in [0.1, 0.15) is 33.1 Å². The molecule has 25 heavy (non-hydrogen) atoms. The van der Waals surface area contributed by atoms with Crippen LogP contribution in [0, 0.1) is 6.92 Å². The van der Waals surface area contributed by atoms with Crippen LogP contribution in [0.5, 0.6) is 0 Å². The van der Waals surface area contributed by atoms with Crippen molar-refractivity contribution in [3.8, 4) is 5.00 Å². The van der Waals surface area contributed by atoms with Crippen LogP contribution < -0.4 is 0 Å². The molecule has 0 saturated heterocycles. The molecule has 8 heteroatoms. The average molecular weight is 392 g/mol. The number of carboxylic acid groups (broad SMARTS) is 1. The molecule has 0 radical (unpaired) electrons. The Kier molecular flexibility index (Phi) is 3.91. The minimum absolute atomic E-state index is 0.0112. The van der Waals surface area contributed by atoms with E-state index in [1.54, 1.807) is 13.0 Å². The summed E-state index contributed by atoms with van der Waals surface area (Å²) in [4.78, 5) is 20.4. The smallest absolute Gasteiger partial charge is 0.356 e. The molecular formula is C17H11Cl2N3O2S. The second-order valence-electron chi connectivity index (χ2n) is 5.51. The fourth-order valence-corrected chi connectivity index (χ4v) is 4.49. The Hall–Kier alpha value is -2.15. The molecule has 0 fully saturated rings. The number of halogens is 2. The van der Waals surface area contributed by atoms with Crippen LogP contribution in [0.25, 0.3) is 5.00 Å². The molecular weight excluding hydrogens is 381 g/mol.